The number of guanidine groups is 1. The van der Waals surface area contributed by atoms with Gasteiger partial charge in [0, 0.05) is 39.3 Å². The lowest BCUT2D eigenvalue weighted by molar-refractivity contribution is 0.506. The number of hydrogen-bond acceptors (Lipinski definition) is 3. The van der Waals surface area contributed by atoms with Gasteiger partial charge in [0.05, 0.1) is 12.0 Å². The molecule has 23 heavy (non-hydrogen) atoms. The smallest absolute Gasteiger partial charge is 0.190 e. The van der Waals surface area contributed by atoms with Crippen molar-refractivity contribution < 1.29 is 4.42 Å². The Balaban J connectivity index is 1.67. The summed E-state index contributed by atoms with van der Waals surface area (Å²) >= 11 is 0. The van der Waals surface area contributed by atoms with Crippen molar-refractivity contribution in [1.82, 2.24) is 20.4 Å². The van der Waals surface area contributed by atoms with Crippen molar-refractivity contribution in [2.45, 2.75) is 33.1 Å². The number of nitrogens with one attached hydrogen (secondary N) is 2. The number of rotatable bonds is 7. The fraction of sp³-hybridized carbons (Fsp3) is 0.529. The van der Waals surface area contributed by atoms with Crippen molar-refractivity contribution in [3.63, 3.8) is 0 Å². The monoisotopic (exact) mass is 317 g/mol. The van der Waals surface area contributed by atoms with Crippen molar-refractivity contribution in [2.75, 3.05) is 20.1 Å². The van der Waals surface area contributed by atoms with Gasteiger partial charge in [0.25, 0.3) is 0 Å². The van der Waals surface area contributed by atoms with Crippen molar-refractivity contribution >= 4 is 5.96 Å². The van der Waals surface area contributed by atoms with Crippen LogP contribution in [0.3, 0.4) is 0 Å². The summed E-state index contributed by atoms with van der Waals surface area (Å²) in [4.78, 5) is 4.24. The summed E-state index contributed by atoms with van der Waals surface area (Å²) in [5.74, 6) is 1.81. The van der Waals surface area contributed by atoms with Gasteiger partial charge >= 0.3 is 0 Å². The van der Waals surface area contributed by atoms with Crippen LogP contribution in [0.5, 0.6) is 0 Å². The number of aliphatic imine (C=N–C) groups is 1. The van der Waals surface area contributed by atoms with Crippen LogP contribution in [0.1, 0.15) is 29.1 Å². The van der Waals surface area contributed by atoms with Crippen molar-refractivity contribution in [3.8, 4) is 0 Å². The Hall–Kier alpha value is -2.24. The molecule has 2 rings (SSSR count). The van der Waals surface area contributed by atoms with Gasteiger partial charge in [0.2, 0.25) is 0 Å². The molecule has 2 N–H and O–H groups in total. The number of hydrogen-bond donors (Lipinski definition) is 2. The first-order chi connectivity index (χ1) is 11.1. The van der Waals surface area contributed by atoms with Crippen LogP contribution < -0.4 is 10.6 Å². The van der Waals surface area contributed by atoms with E-state index in [0.29, 0.717) is 0 Å². The Kier molecular flexibility index (Phi) is 6.26. The van der Waals surface area contributed by atoms with Crippen LogP contribution in [0.2, 0.25) is 0 Å². The van der Waals surface area contributed by atoms with Gasteiger partial charge in [-0.25, -0.2) is 0 Å². The first kappa shape index (κ1) is 17.1. The van der Waals surface area contributed by atoms with Gasteiger partial charge in [0.15, 0.2) is 5.96 Å². The Morgan fingerprint density at radius 1 is 1.26 bits per heavy atom. The van der Waals surface area contributed by atoms with Gasteiger partial charge in [-0.15, -0.1) is 0 Å². The van der Waals surface area contributed by atoms with E-state index >= 15 is 0 Å². The minimum atomic E-state index is 0.800. The SMILES string of the molecule is CN=C(NCCCc1c(C)nn(C)c1C)NCCc1ccco1. The molecule has 6 nitrogen and oxygen atoms in total. The van der Waals surface area contributed by atoms with E-state index in [2.05, 4.69) is 34.6 Å². The summed E-state index contributed by atoms with van der Waals surface area (Å²) in [7, 11) is 3.78. The molecule has 0 aliphatic rings. The van der Waals surface area contributed by atoms with Crippen LogP contribution in [0.25, 0.3) is 0 Å². The maximum Gasteiger partial charge on any atom is 0.190 e. The van der Waals surface area contributed by atoms with E-state index in [1.54, 1.807) is 13.3 Å². The zero-order chi connectivity index (χ0) is 16.7. The number of furan rings is 1. The average Bonchev–Trinajstić information content (AvgIpc) is 3.12. The fourth-order valence-electron chi connectivity index (χ4n) is 2.63. The predicted octanol–water partition coefficient (Wildman–Crippen LogP) is 1.97. The lowest BCUT2D eigenvalue weighted by atomic mass is 10.1. The third-order valence-electron chi connectivity index (χ3n) is 4.02. The summed E-state index contributed by atoms with van der Waals surface area (Å²) in [6, 6.07) is 3.89. The van der Waals surface area contributed by atoms with Gasteiger partial charge in [-0.2, -0.15) is 5.10 Å². The molecule has 0 saturated heterocycles. The standard InChI is InChI=1S/C17H27N5O/c1-13-16(14(2)22(4)21-13)8-5-10-19-17(18-3)20-11-9-15-7-6-12-23-15/h6-7,12H,5,8-11H2,1-4H3,(H2,18,19,20). The van der Waals surface area contributed by atoms with Gasteiger partial charge in [-0.3, -0.25) is 9.67 Å². The summed E-state index contributed by atoms with van der Waals surface area (Å²) in [5.41, 5.74) is 3.74. The van der Waals surface area contributed by atoms with Crippen LogP contribution in [0.4, 0.5) is 0 Å². The molecule has 0 spiro atoms. The Bertz CT molecular complexity index is 628. The summed E-state index contributed by atoms with van der Waals surface area (Å²) < 4.78 is 7.26. The molecule has 0 fully saturated rings. The second-order valence-electron chi connectivity index (χ2n) is 5.63. The van der Waals surface area contributed by atoms with Gasteiger partial charge in [-0.1, -0.05) is 0 Å². The van der Waals surface area contributed by atoms with E-state index < -0.39 is 0 Å². The Morgan fingerprint density at radius 3 is 2.65 bits per heavy atom. The first-order valence-electron chi connectivity index (χ1n) is 8.07. The highest BCUT2D eigenvalue weighted by atomic mass is 16.3. The third-order valence-corrected chi connectivity index (χ3v) is 4.02. The van der Waals surface area contributed by atoms with E-state index in [9.17, 15) is 0 Å². The normalized spacial score (nSPS) is 11.7. The predicted molar refractivity (Wildman–Crippen MR) is 92.8 cm³/mol. The first-order valence-corrected chi connectivity index (χ1v) is 8.07. The molecule has 2 aromatic rings. The zero-order valence-corrected chi connectivity index (χ0v) is 14.5. The third kappa shape index (κ3) is 4.87. The van der Waals surface area contributed by atoms with Crippen molar-refractivity contribution in [2.24, 2.45) is 12.0 Å². The molecule has 126 valence electrons. The molecule has 0 bridgehead atoms. The highest BCUT2D eigenvalue weighted by Crippen LogP contribution is 2.13. The Labute approximate surface area is 138 Å². The molecule has 2 heterocycles. The largest absolute Gasteiger partial charge is 0.469 e. The number of aryl methyl sites for hydroxylation is 2. The zero-order valence-electron chi connectivity index (χ0n) is 14.5. The van der Waals surface area contributed by atoms with Crippen LogP contribution >= 0.6 is 0 Å². The van der Waals surface area contributed by atoms with Crippen molar-refractivity contribution in [1.29, 1.82) is 0 Å². The molecule has 0 atom stereocenters. The molecule has 0 aromatic carbocycles. The minimum absolute atomic E-state index is 0.800. The maximum absolute atomic E-state index is 5.31. The average molecular weight is 317 g/mol. The van der Waals surface area contributed by atoms with Crippen LogP contribution in [-0.2, 0) is 19.9 Å². The molecule has 0 aliphatic carbocycles. The molecule has 0 aliphatic heterocycles. The van der Waals surface area contributed by atoms with Crippen LogP contribution in [-0.4, -0.2) is 35.9 Å². The van der Waals surface area contributed by atoms with E-state index in [1.807, 2.05) is 23.9 Å². The maximum atomic E-state index is 5.31. The van der Waals surface area contributed by atoms with E-state index in [1.165, 1.54) is 11.3 Å². The highest BCUT2D eigenvalue weighted by Gasteiger charge is 2.08. The van der Waals surface area contributed by atoms with Gasteiger partial charge < -0.3 is 15.1 Å². The number of nitrogens with zero attached hydrogens (tertiary/aromatic N) is 3. The van der Waals surface area contributed by atoms with Crippen molar-refractivity contribution in [3.05, 3.63) is 41.1 Å². The molecular formula is C17H27N5O. The second kappa shape index (κ2) is 8.41. The molecule has 2 aromatic heterocycles. The quantitative estimate of drug-likeness (QED) is 0.465. The van der Waals surface area contributed by atoms with Crippen LogP contribution in [0.15, 0.2) is 27.8 Å². The topological polar surface area (TPSA) is 67.4 Å². The van der Waals surface area contributed by atoms with Gasteiger partial charge in [0.1, 0.15) is 5.76 Å². The molecule has 0 radical (unpaired) electrons. The summed E-state index contributed by atoms with van der Waals surface area (Å²) in [6.07, 6.45) is 4.63. The minimum Gasteiger partial charge on any atom is -0.469 e. The van der Waals surface area contributed by atoms with E-state index in [0.717, 1.165) is 49.8 Å². The lowest BCUT2D eigenvalue weighted by Crippen LogP contribution is -2.38. The molecule has 6 heteroatoms. The Morgan fingerprint density at radius 2 is 2.04 bits per heavy atom. The lowest BCUT2D eigenvalue weighted by Gasteiger charge is -2.11. The summed E-state index contributed by atoms with van der Waals surface area (Å²) in [6.45, 7) is 5.88. The molecule has 0 amide bonds. The van der Waals surface area contributed by atoms with E-state index in [4.69, 9.17) is 4.42 Å². The van der Waals surface area contributed by atoms with Gasteiger partial charge in [-0.05, 0) is 44.4 Å². The fourth-order valence-corrected chi connectivity index (χ4v) is 2.63. The van der Waals surface area contributed by atoms with E-state index in [-0.39, 0.29) is 0 Å². The molecular weight excluding hydrogens is 290 g/mol. The molecule has 0 unspecified atom stereocenters. The highest BCUT2D eigenvalue weighted by molar-refractivity contribution is 5.79. The summed E-state index contributed by atoms with van der Waals surface area (Å²) in [5, 5.41) is 11.1. The van der Waals surface area contributed by atoms with Crippen LogP contribution in [0, 0.1) is 13.8 Å². The molecule has 0 saturated carbocycles. The second-order valence-corrected chi connectivity index (χ2v) is 5.63. The number of aromatic nitrogens is 2.